The van der Waals surface area contributed by atoms with Crippen molar-refractivity contribution >= 4 is 52.2 Å². The first kappa shape index (κ1) is 24.4. The van der Waals surface area contributed by atoms with E-state index in [2.05, 4.69) is 30.9 Å². The van der Waals surface area contributed by atoms with Crippen LogP contribution in [-0.2, 0) is 9.53 Å². The van der Waals surface area contributed by atoms with Crippen molar-refractivity contribution in [3.05, 3.63) is 70.0 Å². The van der Waals surface area contributed by atoms with Gasteiger partial charge in [-0.3, -0.25) is 10.1 Å². The van der Waals surface area contributed by atoms with Crippen molar-refractivity contribution in [2.24, 2.45) is 0 Å². The van der Waals surface area contributed by atoms with Gasteiger partial charge in [-0.05, 0) is 43.3 Å². The van der Waals surface area contributed by atoms with Gasteiger partial charge in [-0.15, -0.1) is 0 Å². The van der Waals surface area contributed by atoms with Gasteiger partial charge >= 0.3 is 23.6 Å². The van der Waals surface area contributed by atoms with Crippen LogP contribution in [0.1, 0.15) is 6.92 Å². The molecular weight excluding hydrogens is 492 g/mol. The molecule has 0 aliphatic carbocycles. The maximum Gasteiger partial charge on any atom is 0.339 e. The van der Waals surface area contributed by atoms with Gasteiger partial charge in [-0.2, -0.15) is 15.0 Å². The van der Waals surface area contributed by atoms with Gasteiger partial charge in [0.25, 0.3) is 0 Å². The third-order valence-electron chi connectivity index (χ3n) is 4.45. The second-order valence-electron chi connectivity index (χ2n) is 7.04. The SMILES string of the molecule is CCOC(=O)CNc1nc(NC(=O)Nc2ccc(Cl)cc2)nc(Oc2cc(=O)oc3ccccc23)n1. The van der Waals surface area contributed by atoms with Gasteiger partial charge in [0.05, 0.1) is 18.1 Å². The Balaban J connectivity index is 1.60. The standard InChI is InChI=1S/C23H19ClN6O6/c1-2-34-19(32)12-25-20-27-21(28-22(33)26-14-9-7-13(24)8-10-14)30-23(29-20)36-17-11-18(31)35-16-6-4-3-5-15(16)17/h3-11H,2,12H2,1H3,(H3,25,26,27,28,29,30,33). The van der Waals surface area contributed by atoms with Crippen molar-refractivity contribution in [1.82, 2.24) is 15.0 Å². The number of hydrogen-bond donors (Lipinski definition) is 3. The van der Waals surface area contributed by atoms with Crippen LogP contribution >= 0.6 is 11.6 Å². The van der Waals surface area contributed by atoms with E-state index in [4.69, 9.17) is 25.5 Å². The molecule has 3 N–H and O–H groups in total. The molecule has 0 spiro atoms. The van der Waals surface area contributed by atoms with E-state index in [0.717, 1.165) is 6.07 Å². The summed E-state index contributed by atoms with van der Waals surface area (Å²) in [5.74, 6) is -0.685. The lowest BCUT2D eigenvalue weighted by Gasteiger charge is -2.11. The van der Waals surface area contributed by atoms with Gasteiger partial charge in [-0.1, -0.05) is 23.7 Å². The maximum absolute atomic E-state index is 12.5. The number of amides is 2. The zero-order valence-corrected chi connectivity index (χ0v) is 19.5. The lowest BCUT2D eigenvalue weighted by atomic mass is 10.2. The summed E-state index contributed by atoms with van der Waals surface area (Å²) in [7, 11) is 0. The van der Waals surface area contributed by atoms with Crippen molar-refractivity contribution in [1.29, 1.82) is 0 Å². The second-order valence-corrected chi connectivity index (χ2v) is 7.47. The Morgan fingerprint density at radius 3 is 2.53 bits per heavy atom. The van der Waals surface area contributed by atoms with E-state index in [1.807, 2.05) is 0 Å². The topological polar surface area (TPSA) is 158 Å². The van der Waals surface area contributed by atoms with Gasteiger partial charge < -0.3 is 24.5 Å². The number of benzene rings is 2. The molecule has 0 saturated heterocycles. The molecule has 4 aromatic rings. The molecule has 13 heteroatoms. The van der Waals surface area contributed by atoms with Crippen LogP contribution < -0.4 is 26.3 Å². The molecule has 2 aromatic heterocycles. The Kier molecular flexibility index (Phi) is 7.56. The highest BCUT2D eigenvalue weighted by Gasteiger charge is 2.15. The molecule has 0 unspecified atom stereocenters. The molecule has 0 atom stereocenters. The van der Waals surface area contributed by atoms with Gasteiger partial charge in [0, 0.05) is 10.7 Å². The van der Waals surface area contributed by atoms with Gasteiger partial charge in [0.15, 0.2) is 0 Å². The molecule has 4 rings (SSSR count). The normalized spacial score (nSPS) is 10.5. The van der Waals surface area contributed by atoms with Crippen LogP contribution in [0.15, 0.2) is 63.8 Å². The van der Waals surface area contributed by atoms with Gasteiger partial charge in [0.1, 0.15) is 17.9 Å². The van der Waals surface area contributed by atoms with E-state index in [1.54, 1.807) is 55.5 Å². The van der Waals surface area contributed by atoms with Crippen LogP contribution in [-0.4, -0.2) is 40.1 Å². The predicted octanol–water partition coefficient (Wildman–Crippen LogP) is 4.04. The minimum absolute atomic E-state index is 0.0814. The highest BCUT2D eigenvalue weighted by molar-refractivity contribution is 6.30. The van der Waals surface area contributed by atoms with Crippen LogP contribution in [0.3, 0.4) is 0 Å². The number of halogens is 1. The summed E-state index contributed by atoms with van der Waals surface area (Å²) >= 11 is 5.86. The van der Waals surface area contributed by atoms with Gasteiger partial charge in [0.2, 0.25) is 11.9 Å². The molecule has 0 saturated carbocycles. The molecule has 2 aromatic carbocycles. The lowest BCUT2D eigenvalue weighted by Crippen LogP contribution is -2.22. The van der Waals surface area contributed by atoms with Crippen molar-refractivity contribution < 1.29 is 23.5 Å². The maximum atomic E-state index is 12.5. The van der Waals surface area contributed by atoms with E-state index < -0.39 is 17.6 Å². The summed E-state index contributed by atoms with van der Waals surface area (Å²) in [5, 5.41) is 8.78. The van der Waals surface area contributed by atoms with Crippen molar-refractivity contribution in [3.8, 4) is 11.8 Å². The summed E-state index contributed by atoms with van der Waals surface area (Å²) in [6.45, 7) is 1.63. The summed E-state index contributed by atoms with van der Waals surface area (Å²) in [6, 6.07) is 13.4. The fraction of sp³-hybridized carbons (Fsp3) is 0.130. The average Bonchev–Trinajstić information content (AvgIpc) is 2.84. The number of fused-ring (bicyclic) bond motifs is 1. The molecule has 2 amide bonds. The summed E-state index contributed by atoms with van der Waals surface area (Å²) in [6.07, 6.45) is 0. The average molecular weight is 511 g/mol. The number of nitrogens with zero attached hydrogens (tertiary/aromatic N) is 3. The number of hydrogen-bond acceptors (Lipinski definition) is 10. The zero-order chi connectivity index (χ0) is 25.5. The number of anilines is 3. The molecule has 0 radical (unpaired) electrons. The number of para-hydroxylation sites is 1. The minimum Gasteiger partial charge on any atom is -0.465 e. The Morgan fingerprint density at radius 1 is 1.00 bits per heavy atom. The van der Waals surface area contributed by atoms with Crippen molar-refractivity contribution in [3.63, 3.8) is 0 Å². The Morgan fingerprint density at radius 2 is 1.75 bits per heavy atom. The number of esters is 1. The highest BCUT2D eigenvalue weighted by atomic mass is 35.5. The Bertz CT molecular complexity index is 1460. The Hall–Kier alpha value is -4.71. The van der Waals surface area contributed by atoms with Crippen molar-refractivity contribution in [2.45, 2.75) is 6.92 Å². The fourth-order valence-corrected chi connectivity index (χ4v) is 3.09. The number of ether oxygens (including phenoxy) is 2. The first-order chi connectivity index (χ1) is 17.4. The Labute approximate surface area is 208 Å². The van der Waals surface area contributed by atoms with Crippen molar-refractivity contribution in [2.75, 3.05) is 29.1 Å². The van der Waals surface area contributed by atoms with Gasteiger partial charge in [-0.25, -0.2) is 9.59 Å². The van der Waals surface area contributed by atoms with Crippen LogP contribution in [0.4, 0.5) is 22.4 Å². The fourth-order valence-electron chi connectivity index (χ4n) is 2.96. The summed E-state index contributed by atoms with van der Waals surface area (Å²) in [4.78, 5) is 48.5. The van der Waals surface area contributed by atoms with Crippen LogP contribution in [0.2, 0.25) is 5.02 Å². The summed E-state index contributed by atoms with van der Waals surface area (Å²) < 4.78 is 15.8. The largest absolute Gasteiger partial charge is 0.465 e. The van der Waals surface area contributed by atoms with E-state index in [1.165, 1.54) is 0 Å². The number of carbonyl (C=O) groups is 2. The van der Waals surface area contributed by atoms with E-state index in [-0.39, 0.29) is 36.8 Å². The molecule has 0 bridgehead atoms. The van der Waals surface area contributed by atoms with E-state index >= 15 is 0 Å². The first-order valence-corrected chi connectivity index (χ1v) is 11.0. The minimum atomic E-state index is -0.656. The molecule has 184 valence electrons. The number of urea groups is 1. The molecule has 0 aliphatic heterocycles. The monoisotopic (exact) mass is 510 g/mol. The van der Waals surface area contributed by atoms with Crippen LogP contribution in [0.5, 0.6) is 11.8 Å². The molecule has 0 fully saturated rings. The number of carbonyl (C=O) groups excluding carboxylic acids is 2. The van der Waals surface area contributed by atoms with E-state index in [9.17, 15) is 14.4 Å². The quantitative estimate of drug-likeness (QED) is 0.233. The van der Waals surface area contributed by atoms with Crippen LogP contribution in [0, 0.1) is 0 Å². The predicted molar refractivity (Wildman–Crippen MR) is 132 cm³/mol. The zero-order valence-electron chi connectivity index (χ0n) is 18.8. The number of aromatic nitrogens is 3. The first-order valence-electron chi connectivity index (χ1n) is 10.6. The molecule has 12 nitrogen and oxygen atoms in total. The molecule has 36 heavy (non-hydrogen) atoms. The van der Waals surface area contributed by atoms with Crippen LogP contribution in [0.25, 0.3) is 11.0 Å². The summed E-state index contributed by atoms with van der Waals surface area (Å²) in [5.41, 5.74) is 0.139. The molecule has 0 aliphatic rings. The van der Waals surface area contributed by atoms with E-state index in [0.29, 0.717) is 21.7 Å². The third-order valence-corrected chi connectivity index (χ3v) is 4.70. The molecule has 2 heterocycles. The number of nitrogens with one attached hydrogen (secondary N) is 3. The highest BCUT2D eigenvalue weighted by Crippen LogP contribution is 2.27. The lowest BCUT2D eigenvalue weighted by molar-refractivity contribution is -0.140. The third kappa shape index (κ3) is 6.45. The molecular formula is C23H19ClN6O6. The number of rotatable bonds is 8. The second kappa shape index (κ2) is 11.1. The smallest absolute Gasteiger partial charge is 0.339 e.